The third kappa shape index (κ3) is 5.81. The van der Waals surface area contributed by atoms with Crippen LogP contribution in [0.25, 0.3) is 0 Å². The van der Waals surface area contributed by atoms with Crippen molar-refractivity contribution in [2.45, 2.75) is 32.9 Å². The van der Waals surface area contributed by atoms with Gasteiger partial charge < -0.3 is 19.7 Å². The fourth-order valence-electron chi connectivity index (χ4n) is 3.26. The molecule has 164 valence electrons. The molecule has 8 heteroatoms. The highest BCUT2D eigenvalue weighted by atomic mass is 19.1. The number of amides is 2. The largest absolute Gasteiger partial charge is 0.494 e. The minimum atomic E-state index is -1.01. The van der Waals surface area contributed by atoms with Gasteiger partial charge in [0.2, 0.25) is 5.91 Å². The average molecular weight is 428 g/mol. The molecule has 2 aromatic rings. The van der Waals surface area contributed by atoms with Gasteiger partial charge in [-0.3, -0.25) is 14.4 Å². The van der Waals surface area contributed by atoms with E-state index < -0.39 is 23.9 Å². The zero-order valence-corrected chi connectivity index (χ0v) is 17.5. The molecule has 2 amide bonds. The third-order valence-corrected chi connectivity index (χ3v) is 4.96. The van der Waals surface area contributed by atoms with Gasteiger partial charge >= 0.3 is 5.97 Å². The standard InChI is InChI=1S/C23H25FN2O5/c1-3-30-20-10-8-19(9-11-20)26-14-17(12-21(26)27)23(29)31-15(2)22(28)25-13-16-4-6-18(24)7-5-16/h4-11,15,17H,3,12-14H2,1-2H3,(H,25,28). The van der Waals surface area contributed by atoms with Gasteiger partial charge in [-0.05, 0) is 55.8 Å². The number of nitrogens with one attached hydrogen (secondary N) is 1. The molecule has 0 bridgehead atoms. The lowest BCUT2D eigenvalue weighted by Crippen LogP contribution is -2.37. The molecule has 0 saturated carbocycles. The quantitative estimate of drug-likeness (QED) is 0.654. The van der Waals surface area contributed by atoms with Crippen molar-refractivity contribution < 1.29 is 28.2 Å². The van der Waals surface area contributed by atoms with Crippen LogP contribution in [-0.2, 0) is 25.7 Å². The Kier molecular flexibility index (Phi) is 7.23. The Hall–Kier alpha value is -3.42. The Labute approximate surface area is 180 Å². The van der Waals surface area contributed by atoms with Gasteiger partial charge in [0.1, 0.15) is 11.6 Å². The zero-order chi connectivity index (χ0) is 22.4. The first-order valence-corrected chi connectivity index (χ1v) is 10.1. The zero-order valence-electron chi connectivity index (χ0n) is 17.5. The summed E-state index contributed by atoms with van der Waals surface area (Å²) in [5.41, 5.74) is 1.40. The predicted octanol–water partition coefficient (Wildman–Crippen LogP) is 2.83. The molecule has 1 fully saturated rings. The highest BCUT2D eigenvalue weighted by molar-refractivity contribution is 5.99. The van der Waals surface area contributed by atoms with Crippen molar-refractivity contribution in [3.8, 4) is 5.75 Å². The van der Waals surface area contributed by atoms with E-state index in [1.54, 1.807) is 36.4 Å². The van der Waals surface area contributed by atoms with Crippen molar-refractivity contribution in [2.24, 2.45) is 5.92 Å². The summed E-state index contributed by atoms with van der Waals surface area (Å²) < 4.78 is 23.6. The number of benzene rings is 2. The van der Waals surface area contributed by atoms with Crippen LogP contribution in [0.3, 0.4) is 0 Å². The molecular weight excluding hydrogens is 403 g/mol. The molecular formula is C23H25FN2O5. The van der Waals surface area contributed by atoms with Gasteiger partial charge in [-0.25, -0.2) is 4.39 Å². The van der Waals surface area contributed by atoms with Crippen molar-refractivity contribution >= 4 is 23.5 Å². The van der Waals surface area contributed by atoms with E-state index in [2.05, 4.69) is 5.32 Å². The first-order chi connectivity index (χ1) is 14.9. The van der Waals surface area contributed by atoms with Gasteiger partial charge in [-0.15, -0.1) is 0 Å². The number of esters is 1. The normalized spacial score (nSPS) is 16.7. The molecule has 2 atom stereocenters. The van der Waals surface area contributed by atoms with E-state index in [0.29, 0.717) is 18.0 Å². The second kappa shape index (κ2) is 10.1. The second-order valence-corrected chi connectivity index (χ2v) is 7.26. The van der Waals surface area contributed by atoms with Crippen LogP contribution in [0.15, 0.2) is 48.5 Å². The monoisotopic (exact) mass is 428 g/mol. The molecule has 7 nitrogen and oxygen atoms in total. The number of hydrogen-bond donors (Lipinski definition) is 1. The number of anilines is 1. The van der Waals surface area contributed by atoms with Gasteiger partial charge in [-0.1, -0.05) is 12.1 Å². The number of nitrogens with zero attached hydrogens (tertiary/aromatic N) is 1. The number of rotatable bonds is 8. The number of carbonyl (C=O) groups is 3. The molecule has 0 radical (unpaired) electrons. The number of hydrogen-bond acceptors (Lipinski definition) is 5. The summed E-state index contributed by atoms with van der Waals surface area (Å²) in [6.45, 7) is 4.28. The summed E-state index contributed by atoms with van der Waals surface area (Å²) in [5.74, 6) is -1.54. The van der Waals surface area contributed by atoms with Crippen molar-refractivity contribution in [3.63, 3.8) is 0 Å². The van der Waals surface area contributed by atoms with E-state index in [1.165, 1.54) is 24.0 Å². The smallest absolute Gasteiger partial charge is 0.312 e. The summed E-state index contributed by atoms with van der Waals surface area (Å²) in [6, 6.07) is 12.8. The molecule has 1 saturated heterocycles. The number of carbonyl (C=O) groups excluding carboxylic acids is 3. The van der Waals surface area contributed by atoms with Crippen molar-refractivity contribution in [1.29, 1.82) is 0 Å². The van der Waals surface area contributed by atoms with E-state index in [1.807, 2.05) is 6.92 Å². The lowest BCUT2D eigenvalue weighted by molar-refractivity contribution is -0.158. The fourth-order valence-corrected chi connectivity index (χ4v) is 3.26. The highest BCUT2D eigenvalue weighted by Gasteiger charge is 2.37. The van der Waals surface area contributed by atoms with E-state index >= 15 is 0 Å². The van der Waals surface area contributed by atoms with E-state index in [9.17, 15) is 18.8 Å². The van der Waals surface area contributed by atoms with Crippen LogP contribution in [0.2, 0.25) is 0 Å². The molecule has 0 aromatic heterocycles. The summed E-state index contributed by atoms with van der Waals surface area (Å²) in [7, 11) is 0. The van der Waals surface area contributed by atoms with Crippen LogP contribution < -0.4 is 15.0 Å². The van der Waals surface area contributed by atoms with Gasteiger partial charge in [0.05, 0.1) is 12.5 Å². The molecule has 0 aliphatic carbocycles. The van der Waals surface area contributed by atoms with Crippen LogP contribution in [0.4, 0.5) is 10.1 Å². The van der Waals surface area contributed by atoms with Gasteiger partial charge in [0.15, 0.2) is 6.10 Å². The fraction of sp³-hybridized carbons (Fsp3) is 0.348. The maximum Gasteiger partial charge on any atom is 0.312 e. The Morgan fingerprint density at radius 1 is 1.16 bits per heavy atom. The lowest BCUT2D eigenvalue weighted by atomic mass is 10.1. The maximum atomic E-state index is 12.9. The SMILES string of the molecule is CCOc1ccc(N2CC(C(=O)OC(C)C(=O)NCc3ccc(F)cc3)CC2=O)cc1. The molecule has 1 heterocycles. The molecule has 1 aliphatic rings. The molecule has 31 heavy (non-hydrogen) atoms. The minimum absolute atomic E-state index is 0.0238. The van der Waals surface area contributed by atoms with Crippen LogP contribution in [0, 0.1) is 11.7 Å². The minimum Gasteiger partial charge on any atom is -0.494 e. The molecule has 2 unspecified atom stereocenters. The third-order valence-electron chi connectivity index (χ3n) is 4.96. The maximum absolute atomic E-state index is 12.9. The summed E-state index contributed by atoms with van der Waals surface area (Å²) >= 11 is 0. The Bertz CT molecular complexity index is 930. The van der Waals surface area contributed by atoms with Crippen molar-refractivity contribution in [1.82, 2.24) is 5.32 Å². The topological polar surface area (TPSA) is 84.9 Å². The first kappa shape index (κ1) is 22.3. The van der Waals surface area contributed by atoms with Gasteiger partial charge in [-0.2, -0.15) is 0 Å². The average Bonchev–Trinajstić information content (AvgIpc) is 3.15. The Balaban J connectivity index is 1.51. The summed E-state index contributed by atoms with van der Waals surface area (Å²) in [6.07, 6.45) is -0.988. The van der Waals surface area contributed by atoms with E-state index in [4.69, 9.17) is 9.47 Å². The molecule has 1 aliphatic heterocycles. The Morgan fingerprint density at radius 2 is 1.84 bits per heavy atom. The van der Waals surface area contributed by atoms with Gasteiger partial charge in [0.25, 0.3) is 5.91 Å². The first-order valence-electron chi connectivity index (χ1n) is 10.1. The molecule has 1 N–H and O–H groups in total. The van der Waals surface area contributed by atoms with Crippen LogP contribution in [0.1, 0.15) is 25.8 Å². The molecule has 3 rings (SSSR count). The second-order valence-electron chi connectivity index (χ2n) is 7.26. The van der Waals surface area contributed by atoms with E-state index in [-0.39, 0.29) is 31.2 Å². The highest BCUT2D eigenvalue weighted by Crippen LogP contribution is 2.27. The van der Waals surface area contributed by atoms with Crippen LogP contribution in [-0.4, -0.2) is 37.0 Å². The number of ether oxygens (including phenoxy) is 2. The van der Waals surface area contributed by atoms with Crippen molar-refractivity contribution in [3.05, 3.63) is 59.9 Å². The van der Waals surface area contributed by atoms with Gasteiger partial charge in [0, 0.05) is 25.2 Å². The molecule has 2 aromatic carbocycles. The van der Waals surface area contributed by atoms with Crippen LogP contribution >= 0.6 is 0 Å². The predicted molar refractivity (Wildman–Crippen MR) is 112 cm³/mol. The van der Waals surface area contributed by atoms with E-state index in [0.717, 1.165) is 5.56 Å². The summed E-state index contributed by atoms with van der Waals surface area (Å²) in [4.78, 5) is 38.6. The summed E-state index contributed by atoms with van der Waals surface area (Å²) in [5, 5.41) is 2.65. The molecule has 0 spiro atoms. The number of halogens is 1. The van der Waals surface area contributed by atoms with Crippen molar-refractivity contribution in [2.75, 3.05) is 18.1 Å². The Morgan fingerprint density at radius 3 is 2.48 bits per heavy atom. The lowest BCUT2D eigenvalue weighted by Gasteiger charge is -2.18. The van der Waals surface area contributed by atoms with Crippen LogP contribution in [0.5, 0.6) is 5.75 Å².